The summed E-state index contributed by atoms with van der Waals surface area (Å²) in [5.74, 6) is 0.107. The van der Waals surface area contributed by atoms with Crippen molar-refractivity contribution in [2.24, 2.45) is 0 Å². The Hall–Kier alpha value is -2.23. The van der Waals surface area contributed by atoms with Crippen LogP contribution >= 0.6 is 0 Å². The van der Waals surface area contributed by atoms with Gasteiger partial charge in [-0.25, -0.2) is 4.79 Å². The quantitative estimate of drug-likeness (QED) is 0.863. The van der Waals surface area contributed by atoms with Crippen molar-refractivity contribution in [3.63, 3.8) is 0 Å². The predicted octanol–water partition coefficient (Wildman–Crippen LogP) is 3.46. The number of para-hydroxylation sites is 1. The molecule has 0 saturated heterocycles. The Morgan fingerprint density at radius 3 is 2.74 bits per heavy atom. The summed E-state index contributed by atoms with van der Waals surface area (Å²) in [6, 6.07) is 9.62. The third-order valence-corrected chi connectivity index (χ3v) is 3.05. The van der Waals surface area contributed by atoms with Crippen molar-refractivity contribution >= 4 is 11.7 Å². The molecule has 2 aromatic rings. The minimum Gasteiger partial charge on any atom is -0.478 e. The maximum absolute atomic E-state index is 10.9. The molecule has 1 heterocycles. The van der Waals surface area contributed by atoms with Gasteiger partial charge in [-0.3, -0.25) is 0 Å². The summed E-state index contributed by atoms with van der Waals surface area (Å²) < 4.78 is 5.43. The zero-order chi connectivity index (χ0) is 13.8. The summed E-state index contributed by atoms with van der Waals surface area (Å²) in [6.45, 7) is 4.23. The van der Waals surface area contributed by atoms with Gasteiger partial charge in [0, 0.05) is 5.69 Å². The number of hydrogen-bond acceptors (Lipinski definition) is 3. The number of carbonyl (C=O) groups is 1. The first-order chi connectivity index (χ1) is 9.11. The number of aromatic carboxylic acids is 1. The maximum atomic E-state index is 10.9. The molecule has 0 spiro atoms. The zero-order valence-electron chi connectivity index (χ0n) is 11.1. The second-order valence-corrected chi connectivity index (χ2v) is 4.35. The fraction of sp³-hybridized carbons (Fsp3) is 0.267. The number of benzene rings is 1. The van der Waals surface area contributed by atoms with E-state index in [0.717, 1.165) is 12.1 Å². The Bertz CT molecular complexity index is 587. The van der Waals surface area contributed by atoms with Crippen LogP contribution in [0, 0.1) is 6.92 Å². The molecule has 1 aromatic heterocycles. The van der Waals surface area contributed by atoms with Crippen molar-refractivity contribution in [2.45, 2.75) is 26.8 Å². The summed E-state index contributed by atoms with van der Waals surface area (Å²) in [6.07, 6.45) is 0.945. The average molecular weight is 259 g/mol. The van der Waals surface area contributed by atoms with Gasteiger partial charge in [0.25, 0.3) is 0 Å². The van der Waals surface area contributed by atoms with Gasteiger partial charge in [-0.2, -0.15) is 0 Å². The molecular weight excluding hydrogens is 242 g/mol. The molecule has 0 fully saturated rings. The van der Waals surface area contributed by atoms with Gasteiger partial charge in [0.2, 0.25) is 0 Å². The molecule has 0 atom stereocenters. The maximum Gasteiger partial charge on any atom is 0.339 e. The number of anilines is 1. The number of rotatable bonds is 5. The van der Waals surface area contributed by atoms with Crippen LogP contribution in [0.3, 0.4) is 0 Å². The van der Waals surface area contributed by atoms with E-state index in [1.54, 1.807) is 13.0 Å². The molecule has 0 aliphatic heterocycles. The molecule has 0 aliphatic rings. The van der Waals surface area contributed by atoms with Crippen LogP contribution in [0.2, 0.25) is 0 Å². The SMILES string of the molecule is CCc1ccccc1NCc1cc(C(=O)O)c(C)o1. The normalized spacial score (nSPS) is 10.4. The van der Waals surface area contributed by atoms with Gasteiger partial charge in [0.05, 0.1) is 6.54 Å². The van der Waals surface area contributed by atoms with Crippen molar-refractivity contribution in [1.82, 2.24) is 0 Å². The number of furan rings is 1. The molecule has 4 heteroatoms. The fourth-order valence-corrected chi connectivity index (χ4v) is 2.03. The molecule has 2 N–H and O–H groups in total. The van der Waals surface area contributed by atoms with Crippen molar-refractivity contribution in [3.05, 3.63) is 53.0 Å². The Balaban J connectivity index is 2.10. The molecule has 0 unspecified atom stereocenters. The van der Waals surface area contributed by atoms with E-state index in [1.165, 1.54) is 5.56 Å². The highest BCUT2D eigenvalue weighted by atomic mass is 16.4. The largest absolute Gasteiger partial charge is 0.478 e. The van der Waals surface area contributed by atoms with Crippen molar-refractivity contribution < 1.29 is 14.3 Å². The van der Waals surface area contributed by atoms with E-state index in [1.807, 2.05) is 18.2 Å². The van der Waals surface area contributed by atoms with Crippen LogP contribution in [0.25, 0.3) is 0 Å². The van der Waals surface area contributed by atoms with Gasteiger partial charge in [-0.05, 0) is 31.0 Å². The zero-order valence-corrected chi connectivity index (χ0v) is 11.1. The summed E-state index contributed by atoms with van der Waals surface area (Å²) >= 11 is 0. The van der Waals surface area contributed by atoms with Crippen LogP contribution in [-0.2, 0) is 13.0 Å². The van der Waals surface area contributed by atoms with E-state index < -0.39 is 5.97 Å². The van der Waals surface area contributed by atoms with Crippen LogP contribution in [0.4, 0.5) is 5.69 Å². The van der Waals surface area contributed by atoms with Crippen molar-refractivity contribution in [1.29, 1.82) is 0 Å². The van der Waals surface area contributed by atoms with Gasteiger partial charge in [-0.1, -0.05) is 25.1 Å². The molecule has 19 heavy (non-hydrogen) atoms. The highest BCUT2D eigenvalue weighted by Crippen LogP contribution is 2.19. The molecule has 0 aliphatic carbocycles. The topological polar surface area (TPSA) is 62.5 Å². The molecule has 0 saturated carbocycles. The summed E-state index contributed by atoms with van der Waals surface area (Å²) in [5.41, 5.74) is 2.50. The lowest BCUT2D eigenvalue weighted by Crippen LogP contribution is -2.01. The van der Waals surface area contributed by atoms with Crippen LogP contribution in [0.1, 0.15) is 34.4 Å². The van der Waals surface area contributed by atoms with E-state index >= 15 is 0 Å². The first kappa shape index (κ1) is 13.2. The third kappa shape index (κ3) is 2.96. The van der Waals surface area contributed by atoms with Crippen molar-refractivity contribution in [2.75, 3.05) is 5.32 Å². The molecule has 0 bridgehead atoms. The van der Waals surface area contributed by atoms with Gasteiger partial charge < -0.3 is 14.8 Å². The lowest BCUT2D eigenvalue weighted by atomic mass is 10.1. The van der Waals surface area contributed by atoms with Gasteiger partial charge in [-0.15, -0.1) is 0 Å². The van der Waals surface area contributed by atoms with E-state index in [9.17, 15) is 4.79 Å². The van der Waals surface area contributed by atoms with Crippen molar-refractivity contribution in [3.8, 4) is 0 Å². The first-order valence-electron chi connectivity index (χ1n) is 6.26. The number of carboxylic acid groups (broad SMARTS) is 1. The molecular formula is C15H17NO3. The van der Waals surface area contributed by atoms with Crippen LogP contribution in [-0.4, -0.2) is 11.1 Å². The molecule has 100 valence electrons. The average Bonchev–Trinajstić information content (AvgIpc) is 2.78. The lowest BCUT2D eigenvalue weighted by Gasteiger charge is -2.09. The Morgan fingerprint density at radius 2 is 2.11 bits per heavy atom. The molecule has 2 rings (SSSR count). The fourth-order valence-electron chi connectivity index (χ4n) is 2.03. The number of aryl methyl sites for hydroxylation is 2. The van der Waals surface area contributed by atoms with Gasteiger partial charge in [0.15, 0.2) is 0 Å². The second kappa shape index (κ2) is 5.61. The van der Waals surface area contributed by atoms with E-state index in [4.69, 9.17) is 9.52 Å². The Kier molecular flexibility index (Phi) is 3.90. The van der Waals surface area contributed by atoms with Gasteiger partial charge in [0.1, 0.15) is 17.1 Å². The first-order valence-corrected chi connectivity index (χ1v) is 6.26. The molecule has 1 aromatic carbocycles. The van der Waals surface area contributed by atoms with E-state index in [2.05, 4.69) is 18.3 Å². The summed E-state index contributed by atoms with van der Waals surface area (Å²) in [5, 5.41) is 12.2. The van der Waals surface area contributed by atoms with Crippen LogP contribution < -0.4 is 5.32 Å². The summed E-state index contributed by atoms with van der Waals surface area (Å²) in [7, 11) is 0. The minimum absolute atomic E-state index is 0.223. The van der Waals surface area contributed by atoms with Gasteiger partial charge >= 0.3 is 5.97 Å². The third-order valence-electron chi connectivity index (χ3n) is 3.05. The highest BCUT2D eigenvalue weighted by Gasteiger charge is 2.13. The second-order valence-electron chi connectivity index (χ2n) is 4.35. The summed E-state index contributed by atoms with van der Waals surface area (Å²) in [4.78, 5) is 10.9. The van der Waals surface area contributed by atoms with E-state index in [-0.39, 0.29) is 5.56 Å². The molecule has 4 nitrogen and oxygen atoms in total. The minimum atomic E-state index is -0.957. The lowest BCUT2D eigenvalue weighted by molar-refractivity contribution is 0.0695. The van der Waals surface area contributed by atoms with Crippen LogP contribution in [0.15, 0.2) is 34.7 Å². The molecule has 0 radical (unpaired) electrons. The monoisotopic (exact) mass is 259 g/mol. The standard InChI is InChI=1S/C15H17NO3/c1-3-11-6-4-5-7-14(11)16-9-12-8-13(15(17)18)10(2)19-12/h4-8,16H,3,9H2,1-2H3,(H,17,18). The smallest absolute Gasteiger partial charge is 0.339 e. The molecule has 0 amide bonds. The van der Waals surface area contributed by atoms with Crippen LogP contribution in [0.5, 0.6) is 0 Å². The Labute approximate surface area is 112 Å². The number of nitrogens with one attached hydrogen (secondary N) is 1. The number of hydrogen-bond donors (Lipinski definition) is 2. The highest BCUT2D eigenvalue weighted by molar-refractivity contribution is 5.88. The predicted molar refractivity (Wildman–Crippen MR) is 73.6 cm³/mol. The number of carboxylic acids is 1. The Morgan fingerprint density at radius 1 is 1.37 bits per heavy atom. The van der Waals surface area contributed by atoms with E-state index in [0.29, 0.717) is 18.1 Å².